The Morgan fingerprint density at radius 2 is 2.00 bits per heavy atom. The molecule has 1 unspecified atom stereocenters. The van der Waals surface area contributed by atoms with Crippen LogP contribution in [0, 0.1) is 5.82 Å². The topological polar surface area (TPSA) is 32.3 Å². The number of likely N-dealkylation sites (tertiary alicyclic amines) is 1. The summed E-state index contributed by atoms with van der Waals surface area (Å²) in [6.07, 6.45) is 0.865. The van der Waals surface area contributed by atoms with E-state index in [1.807, 2.05) is 0 Å². The van der Waals surface area contributed by atoms with Gasteiger partial charge in [0.2, 0.25) is 0 Å². The third-order valence-electron chi connectivity index (χ3n) is 4.26. The fourth-order valence-electron chi connectivity index (χ4n) is 3.01. The van der Waals surface area contributed by atoms with Gasteiger partial charge >= 0.3 is 6.03 Å². The number of hydrogen-bond acceptors (Lipinski definition) is 1. The molecule has 3 rings (SSSR count). The second kappa shape index (κ2) is 5.24. The number of piperidine rings is 1. The number of fused-ring (bicyclic) bond motifs is 1. The normalized spacial score (nSPS) is 23.8. The maximum atomic E-state index is 13.1. The molecule has 2 aliphatic rings. The van der Waals surface area contributed by atoms with Crippen molar-refractivity contribution < 1.29 is 18.0 Å². The number of carbonyl (C=O) groups excluding carboxylic acids is 1. The number of hydrogen-bond donors (Lipinski definition) is 1. The summed E-state index contributed by atoms with van der Waals surface area (Å²) >= 11 is 0. The number of urea groups is 1. The molecule has 1 aromatic rings. The third kappa shape index (κ3) is 2.99. The van der Waals surface area contributed by atoms with Gasteiger partial charge in [0.1, 0.15) is 5.82 Å². The second-order valence-corrected chi connectivity index (χ2v) is 5.73. The highest BCUT2D eigenvalue weighted by molar-refractivity contribution is 5.75. The van der Waals surface area contributed by atoms with Gasteiger partial charge in [-0.05, 0) is 36.1 Å². The van der Waals surface area contributed by atoms with Gasteiger partial charge in [-0.25, -0.2) is 18.0 Å². The molecule has 1 aromatic carbocycles. The molecule has 0 bridgehead atoms. The van der Waals surface area contributed by atoms with Crippen molar-refractivity contribution in [2.24, 2.45) is 0 Å². The number of rotatable bonds is 1. The van der Waals surface area contributed by atoms with Crippen LogP contribution in [0.4, 0.5) is 18.0 Å². The molecule has 114 valence electrons. The van der Waals surface area contributed by atoms with Crippen LogP contribution in [0.3, 0.4) is 0 Å². The number of alkyl halides is 2. The van der Waals surface area contributed by atoms with Crippen molar-refractivity contribution in [3.8, 4) is 0 Å². The standard InChI is InChI=1S/C15H17F3N2O/c16-11-2-3-12-10(9-11)1-4-13(12)19-14(21)20-7-5-15(17,18)6-8-20/h2-3,9,13H,1,4-8H2,(H,19,21). The Morgan fingerprint density at radius 3 is 2.71 bits per heavy atom. The van der Waals surface area contributed by atoms with Crippen molar-refractivity contribution in [3.05, 3.63) is 35.1 Å². The van der Waals surface area contributed by atoms with Gasteiger partial charge < -0.3 is 10.2 Å². The number of carbonyl (C=O) groups is 1. The number of nitrogens with zero attached hydrogens (tertiary/aromatic N) is 1. The number of benzene rings is 1. The first-order valence-corrected chi connectivity index (χ1v) is 7.16. The zero-order valence-electron chi connectivity index (χ0n) is 11.5. The molecule has 0 saturated carbocycles. The highest BCUT2D eigenvalue weighted by Gasteiger charge is 2.36. The van der Waals surface area contributed by atoms with Gasteiger partial charge in [0.15, 0.2) is 0 Å². The van der Waals surface area contributed by atoms with Gasteiger partial charge in [0.25, 0.3) is 5.92 Å². The van der Waals surface area contributed by atoms with Crippen molar-refractivity contribution in [2.45, 2.75) is 37.6 Å². The molecule has 3 nitrogen and oxygen atoms in total. The molecule has 0 spiro atoms. The van der Waals surface area contributed by atoms with Gasteiger partial charge in [0, 0.05) is 25.9 Å². The Morgan fingerprint density at radius 1 is 1.29 bits per heavy atom. The summed E-state index contributed by atoms with van der Waals surface area (Å²) in [5, 5.41) is 2.87. The lowest BCUT2D eigenvalue weighted by Gasteiger charge is -2.32. The predicted octanol–water partition coefficient (Wildman–Crippen LogP) is 3.25. The lowest BCUT2D eigenvalue weighted by atomic mass is 10.1. The molecule has 1 saturated heterocycles. The minimum atomic E-state index is -2.66. The Balaban J connectivity index is 1.62. The van der Waals surface area contributed by atoms with Crippen LogP contribution < -0.4 is 5.32 Å². The van der Waals surface area contributed by atoms with E-state index in [2.05, 4.69) is 5.32 Å². The second-order valence-electron chi connectivity index (χ2n) is 5.73. The van der Waals surface area contributed by atoms with Crippen molar-refractivity contribution in [3.63, 3.8) is 0 Å². The zero-order chi connectivity index (χ0) is 15.0. The quantitative estimate of drug-likeness (QED) is 0.848. The largest absolute Gasteiger partial charge is 0.331 e. The fraction of sp³-hybridized carbons (Fsp3) is 0.533. The molecular formula is C15H17F3N2O. The fourth-order valence-corrected chi connectivity index (χ4v) is 3.01. The molecule has 0 aromatic heterocycles. The van der Waals surface area contributed by atoms with E-state index in [-0.39, 0.29) is 43.8 Å². The molecule has 1 heterocycles. The molecule has 1 fully saturated rings. The Kier molecular flexibility index (Phi) is 3.55. The zero-order valence-corrected chi connectivity index (χ0v) is 11.5. The van der Waals surface area contributed by atoms with E-state index in [0.29, 0.717) is 6.42 Å². The van der Waals surface area contributed by atoms with E-state index >= 15 is 0 Å². The van der Waals surface area contributed by atoms with Crippen LogP contribution in [0.2, 0.25) is 0 Å². The van der Waals surface area contributed by atoms with Gasteiger partial charge in [-0.2, -0.15) is 0 Å². The summed E-state index contributed by atoms with van der Waals surface area (Å²) in [5.41, 5.74) is 1.83. The molecule has 2 amide bonds. The molecule has 1 atom stereocenters. The molecule has 21 heavy (non-hydrogen) atoms. The molecule has 0 radical (unpaired) electrons. The van der Waals surface area contributed by atoms with E-state index < -0.39 is 5.92 Å². The molecule has 1 aliphatic heterocycles. The Hall–Kier alpha value is -1.72. The van der Waals surface area contributed by atoms with E-state index in [0.717, 1.165) is 17.5 Å². The van der Waals surface area contributed by atoms with Crippen molar-refractivity contribution in [1.29, 1.82) is 0 Å². The SMILES string of the molecule is O=C(NC1CCc2cc(F)ccc21)N1CCC(F)(F)CC1. The van der Waals surface area contributed by atoms with Gasteiger partial charge in [-0.15, -0.1) is 0 Å². The van der Waals surface area contributed by atoms with E-state index in [1.54, 1.807) is 6.07 Å². The van der Waals surface area contributed by atoms with Crippen LogP contribution >= 0.6 is 0 Å². The summed E-state index contributed by atoms with van der Waals surface area (Å²) in [4.78, 5) is 13.6. The molecule has 6 heteroatoms. The Bertz CT molecular complexity index is 552. The maximum Gasteiger partial charge on any atom is 0.317 e. The lowest BCUT2D eigenvalue weighted by molar-refractivity contribution is -0.0470. The summed E-state index contributed by atoms with van der Waals surface area (Å²) in [6.45, 7) is 0.143. The van der Waals surface area contributed by atoms with Crippen LogP contribution in [0.1, 0.15) is 36.4 Å². The predicted molar refractivity (Wildman–Crippen MR) is 71.7 cm³/mol. The van der Waals surface area contributed by atoms with Crippen LogP contribution in [0.15, 0.2) is 18.2 Å². The average molecular weight is 298 g/mol. The van der Waals surface area contributed by atoms with Crippen molar-refractivity contribution in [1.82, 2.24) is 10.2 Å². The Labute approximate surface area is 121 Å². The van der Waals surface area contributed by atoms with Crippen LogP contribution in [-0.2, 0) is 6.42 Å². The minimum Gasteiger partial charge on any atom is -0.331 e. The highest BCUT2D eigenvalue weighted by Crippen LogP contribution is 2.32. The van der Waals surface area contributed by atoms with Crippen LogP contribution in [-0.4, -0.2) is 29.9 Å². The van der Waals surface area contributed by atoms with Gasteiger partial charge in [0.05, 0.1) is 6.04 Å². The maximum absolute atomic E-state index is 13.1. The van der Waals surface area contributed by atoms with E-state index in [9.17, 15) is 18.0 Å². The van der Waals surface area contributed by atoms with E-state index in [4.69, 9.17) is 0 Å². The smallest absolute Gasteiger partial charge is 0.317 e. The van der Waals surface area contributed by atoms with Crippen molar-refractivity contribution >= 4 is 6.03 Å². The van der Waals surface area contributed by atoms with Gasteiger partial charge in [-0.3, -0.25) is 0 Å². The third-order valence-corrected chi connectivity index (χ3v) is 4.26. The first-order valence-electron chi connectivity index (χ1n) is 7.16. The first kappa shape index (κ1) is 14.2. The van der Waals surface area contributed by atoms with E-state index in [1.165, 1.54) is 17.0 Å². The summed E-state index contributed by atoms with van der Waals surface area (Å²) < 4.78 is 39.3. The van der Waals surface area contributed by atoms with Crippen molar-refractivity contribution in [2.75, 3.05) is 13.1 Å². The molecule has 1 aliphatic carbocycles. The molecular weight excluding hydrogens is 281 g/mol. The number of halogens is 3. The highest BCUT2D eigenvalue weighted by atomic mass is 19.3. The first-order chi connectivity index (χ1) is 9.94. The summed E-state index contributed by atoms with van der Waals surface area (Å²) in [5.74, 6) is -2.94. The summed E-state index contributed by atoms with van der Waals surface area (Å²) in [6, 6.07) is 4.09. The lowest BCUT2D eigenvalue weighted by Crippen LogP contribution is -2.47. The van der Waals surface area contributed by atoms with Crippen LogP contribution in [0.25, 0.3) is 0 Å². The van der Waals surface area contributed by atoms with Gasteiger partial charge in [-0.1, -0.05) is 6.07 Å². The monoisotopic (exact) mass is 298 g/mol. The summed E-state index contributed by atoms with van der Waals surface area (Å²) in [7, 11) is 0. The number of amides is 2. The number of aryl methyl sites for hydroxylation is 1. The molecule has 1 N–H and O–H groups in total. The van der Waals surface area contributed by atoms with Crippen LogP contribution in [0.5, 0.6) is 0 Å². The average Bonchev–Trinajstić information content (AvgIpc) is 2.80. The minimum absolute atomic E-state index is 0.0713. The number of nitrogens with one attached hydrogen (secondary N) is 1.